The summed E-state index contributed by atoms with van der Waals surface area (Å²) in [5.41, 5.74) is 2.13. The Kier molecular flexibility index (Phi) is 2.72. The number of aromatic nitrogens is 2. The lowest BCUT2D eigenvalue weighted by Gasteiger charge is -2.05. The molecule has 0 amide bonds. The van der Waals surface area contributed by atoms with E-state index in [0.29, 0.717) is 6.04 Å². The van der Waals surface area contributed by atoms with Crippen LogP contribution in [-0.4, -0.2) is 15.8 Å². The standard InChI is InChI=1S/C12H15N3/c1-10(2)14-11-8-13-15(9-11)12-6-4-3-5-7-12/h3-10,14H,1-2H3. The fourth-order valence-electron chi connectivity index (χ4n) is 1.45. The summed E-state index contributed by atoms with van der Waals surface area (Å²) in [7, 11) is 0. The third-order valence-electron chi connectivity index (χ3n) is 2.06. The van der Waals surface area contributed by atoms with Crippen LogP contribution in [0.1, 0.15) is 13.8 Å². The maximum atomic E-state index is 4.29. The smallest absolute Gasteiger partial charge is 0.0733 e. The van der Waals surface area contributed by atoms with Crippen LogP contribution in [0.25, 0.3) is 5.69 Å². The molecule has 15 heavy (non-hydrogen) atoms. The number of para-hydroxylation sites is 1. The summed E-state index contributed by atoms with van der Waals surface area (Å²) in [4.78, 5) is 0. The van der Waals surface area contributed by atoms with Gasteiger partial charge in [-0.25, -0.2) is 4.68 Å². The topological polar surface area (TPSA) is 29.9 Å². The number of nitrogens with one attached hydrogen (secondary N) is 1. The van der Waals surface area contributed by atoms with Crippen LogP contribution in [0.15, 0.2) is 42.7 Å². The second kappa shape index (κ2) is 4.17. The summed E-state index contributed by atoms with van der Waals surface area (Å²) in [5, 5.41) is 7.61. The van der Waals surface area contributed by atoms with Crippen molar-refractivity contribution >= 4 is 5.69 Å². The Morgan fingerprint density at radius 3 is 2.60 bits per heavy atom. The molecule has 0 aliphatic heterocycles. The Bertz CT molecular complexity index is 417. The summed E-state index contributed by atoms with van der Waals surface area (Å²) in [6.07, 6.45) is 3.84. The third kappa shape index (κ3) is 2.37. The molecule has 0 spiro atoms. The van der Waals surface area contributed by atoms with Crippen molar-refractivity contribution in [3.63, 3.8) is 0 Å². The first-order chi connectivity index (χ1) is 7.25. The molecule has 0 atom stereocenters. The maximum Gasteiger partial charge on any atom is 0.0733 e. The Morgan fingerprint density at radius 2 is 1.93 bits per heavy atom. The molecular formula is C12H15N3. The van der Waals surface area contributed by atoms with Crippen molar-refractivity contribution in [1.29, 1.82) is 0 Å². The summed E-state index contributed by atoms with van der Waals surface area (Å²) in [6.45, 7) is 4.22. The van der Waals surface area contributed by atoms with E-state index in [0.717, 1.165) is 11.4 Å². The Balaban J connectivity index is 2.21. The van der Waals surface area contributed by atoms with Gasteiger partial charge in [0.05, 0.1) is 23.8 Å². The molecule has 0 aliphatic carbocycles. The van der Waals surface area contributed by atoms with E-state index in [1.807, 2.05) is 47.4 Å². The number of benzene rings is 1. The molecule has 1 aromatic carbocycles. The van der Waals surface area contributed by atoms with Gasteiger partial charge in [0, 0.05) is 6.04 Å². The van der Waals surface area contributed by atoms with Gasteiger partial charge >= 0.3 is 0 Å². The highest BCUT2D eigenvalue weighted by atomic mass is 15.3. The van der Waals surface area contributed by atoms with Gasteiger partial charge in [-0.1, -0.05) is 18.2 Å². The normalized spacial score (nSPS) is 10.6. The average molecular weight is 201 g/mol. The van der Waals surface area contributed by atoms with Crippen LogP contribution in [0.5, 0.6) is 0 Å². The van der Waals surface area contributed by atoms with Gasteiger partial charge in [-0.2, -0.15) is 5.10 Å². The molecule has 1 aromatic heterocycles. The van der Waals surface area contributed by atoms with Crippen LogP contribution in [0.2, 0.25) is 0 Å². The average Bonchev–Trinajstić information content (AvgIpc) is 2.67. The van der Waals surface area contributed by atoms with Crippen molar-refractivity contribution in [3.05, 3.63) is 42.7 Å². The van der Waals surface area contributed by atoms with Gasteiger partial charge in [-0.15, -0.1) is 0 Å². The Hall–Kier alpha value is -1.77. The van der Waals surface area contributed by atoms with Gasteiger partial charge in [0.15, 0.2) is 0 Å². The lowest BCUT2D eigenvalue weighted by Crippen LogP contribution is -2.08. The van der Waals surface area contributed by atoms with E-state index >= 15 is 0 Å². The molecule has 0 radical (unpaired) electrons. The van der Waals surface area contributed by atoms with E-state index in [-0.39, 0.29) is 0 Å². The third-order valence-corrected chi connectivity index (χ3v) is 2.06. The van der Waals surface area contributed by atoms with Crippen molar-refractivity contribution in [2.24, 2.45) is 0 Å². The minimum atomic E-state index is 0.429. The summed E-state index contributed by atoms with van der Waals surface area (Å²) >= 11 is 0. The predicted octanol–water partition coefficient (Wildman–Crippen LogP) is 2.69. The molecule has 0 bridgehead atoms. The molecule has 2 rings (SSSR count). The number of hydrogen-bond donors (Lipinski definition) is 1. The number of hydrogen-bond acceptors (Lipinski definition) is 2. The maximum absolute atomic E-state index is 4.29. The molecular weight excluding hydrogens is 186 g/mol. The van der Waals surface area contributed by atoms with Crippen molar-refractivity contribution < 1.29 is 0 Å². The molecule has 1 N–H and O–H groups in total. The van der Waals surface area contributed by atoms with Gasteiger partial charge in [0.25, 0.3) is 0 Å². The van der Waals surface area contributed by atoms with Gasteiger partial charge in [-0.05, 0) is 26.0 Å². The quantitative estimate of drug-likeness (QED) is 0.827. The summed E-state index contributed by atoms with van der Waals surface area (Å²) < 4.78 is 1.87. The lowest BCUT2D eigenvalue weighted by molar-refractivity contribution is 0.879. The van der Waals surface area contributed by atoms with Crippen molar-refractivity contribution in [3.8, 4) is 5.69 Å². The highest BCUT2D eigenvalue weighted by molar-refractivity contribution is 5.42. The first kappa shape index (κ1) is 9.77. The number of rotatable bonds is 3. The summed E-state index contributed by atoms with van der Waals surface area (Å²) in [6, 6.07) is 10.5. The zero-order valence-electron chi connectivity index (χ0n) is 9.01. The second-order valence-electron chi connectivity index (χ2n) is 3.81. The van der Waals surface area contributed by atoms with Crippen LogP contribution in [-0.2, 0) is 0 Å². The van der Waals surface area contributed by atoms with Crippen molar-refractivity contribution in [2.45, 2.75) is 19.9 Å². The summed E-state index contributed by atoms with van der Waals surface area (Å²) in [5.74, 6) is 0. The van der Waals surface area contributed by atoms with E-state index in [9.17, 15) is 0 Å². The van der Waals surface area contributed by atoms with Gasteiger partial charge in [0.2, 0.25) is 0 Å². The molecule has 2 aromatic rings. The predicted molar refractivity (Wildman–Crippen MR) is 62.3 cm³/mol. The van der Waals surface area contributed by atoms with Crippen LogP contribution in [0.3, 0.4) is 0 Å². The zero-order valence-corrected chi connectivity index (χ0v) is 9.01. The van der Waals surface area contributed by atoms with Gasteiger partial charge in [0.1, 0.15) is 0 Å². The van der Waals surface area contributed by atoms with E-state index in [1.165, 1.54) is 0 Å². The minimum absolute atomic E-state index is 0.429. The molecule has 0 unspecified atom stereocenters. The van der Waals surface area contributed by atoms with E-state index in [2.05, 4.69) is 24.3 Å². The molecule has 3 heteroatoms. The number of anilines is 1. The molecule has 1 heterocycles. The van der Waals surface area contributed by atoms with Crippen molar-refractivity contribution in [1.82, 2.24) is 9.78 Å². The Labute approximate surface area is 89.7 Å². The minimum Gasteiger partial charge on any atom is -0.380 e. The lowest BCUT2D eigenvalue weighted by atomic mass is 10.3. The van der Waals surface area contributed by atoms with Crippen LogP contribution in [0.4, 0.5) is 5.69 Å². The number of nitrogens with zero attached hydrogens (tertiary/aromatic N) is 2. The first-order valence-corrected chi connectivity index (χ1v) is 5.12. The van der Waals surface area contributed by atoms with Gasteiger partial charge < -0.3 is 5.32 Å². The van der Waals surface area contributed by atoms with Crippen LogP contribution in [0, 0.1) is 0 Å². The highest BCUT2D eigenvalue weighted by Crippen LogP contribution is 2.11. The highest BCUT2D eigenvalue weighted by Gasteiger charge is 2.00. The van der Waals surface area contributed by atoms with Gasteiger partial charge in [-0.3, -0.25) is 0 Å². The van der Waals surface area contributed by atoms with E-state index < -0.39 is 0 Å². The second-order valence-corrected chi connectivity index (χ2v) is 3.81. The monoisotopic (exact) mass is 201 g/mol. The first-order valence-electron chi connectivity index (χ1n) is 5.12. The van der Waals surface area contributed by atoms with E-state index in [4.69, 9.17) is 0 Å². The fraction of sp³-hybridized carbons (Fsp3) is 0.250. The largest absolute Gasteiger partial charge is 0.380 e. The molecule has 0 aliphatic rings. The zero-order chi connectivity index (χ0) is 10.7. The Morgan fingerprint density at radius 1 is 1.20 bits per heavy atom. The van der Waals surface area contributed by atoms with Crippen LogP contribution < -0.4 is 5.32 Å². The van der Waals surface area contributed by atoms with E-state index in [1.54, 1.807) is 0 Å². The molecule has 78 valence electrons. The fourth-order valence-corrected chi connectivity index (χ4v) is 1.45. The molecule has 3 nitrogen and oxygen atoms in total. The van der Waals surface area contributed by atoms with Crippen molar-refractivity contribution in [2.75, 3.05) is 5.32 Å². The SMILES string of the molecule is CC(C)Nc1cnn(-c2ccccc2)c1. The van der Waals surface area contributed by atoms with Crippen LogP contribution >= 0.6 is 0 Å². The molecule has 0 saturated carbocycles. The molecule has 0 saturated heterocycles. The molecule has 0 fully saturated rings.